The van der Waals surface area contributed by atoms with Crippen molar-refractivity contribution in [2.75, 3.05) is 0 Å². The maximum absolute atomic E-state index is 6.06. The summed E-state index contributed by atoms with van der Waals surface area (Å²) in [6.07, 6.45) is 6.35. The molecule has 4 heteroatoms. The number of halogens is 2. The SMILES string of the molecule is Clc1ccc(Cc2cc[c]c(Cn3ccnc3)c2)cc1Cl. The Morgan fingerprint density at radius 2 is 1.90 bits per heavy atom. The molecule has 21 heavy (non-hydrogen) atoms. The van der Waals surface area contributed by atoms with Crippen LogP contribution in [0.3, 0.4) is 0 Å². The number of imidazole rings is 1. The molecule has 0 saturated carbocycles. The van der Waals surface area contributed by atoms with Gasteiger partial charge in [0, 0.05) is 18.9 Å². The van der Waals surface area contributed by atoms with E-state index in [1.54, 1.807) is 12.5 Å². The lowest BCUT2D eigenvalue weighted by Gasteiger charge is -2.07. The fourth-order valence-corrected chi connectivity index (χ4v) is 2.55. The number of nitrogens with zero attached hydrogens (tertiary/aromatic N) is 2. The summed E-state index contributed by atoms with van der Waals surface area (Å²) in [7, 11) is 0. The van der Waals surface area contributed by atoms with E-state index in [9.17, 15) is 0 Å². The van der Waals surface area contributed by atoms with Crippen LogP contribution in [0, 0.1) is 6.07 Å². The fourth-order valence-electron chi connectivity index (χ4n) is 2.23. The first-order valence-corrected chi connectivity index (χ1v) is 7.35. The zero-order chi connectivity index (χ0) is 14.7. The van der Waals surface area contributed by atoms with Crippen LogP contribution in [0.5, 0.6) is 0 Å². The third-order valence-corrected chi connectivity index (χ3v) is 3.97. The molecule has 2 aromatic carbocycles. The van der Waals surface area contributed by atoms with Gasteiger partial charge in [0.1, 0.15) is 0 Å². The lowest BCUT2D eigenvalue weighted by molar-refractivity contribution is 0.795. The van der Waals surface area contributed by atoms with Crippen molar-refractivity contribution in [3.05, 3.63) is 87.9 Å². The molecule has 0 atom stereocenters. The highest BCUT2D eigenvalue weighted by atomic mass is 35.5. The molecule has 1 heterocycles. The minimum atomic E-state index is 0.586. The summed E-state index contributed by atoms with van der Waals surface area (Å²) in [6.45, 7) is 0.773. The second-order valence-corrected chi connectivity index (χ2v) is 5.70. The van der Waals surface area contributed by atoms with Crippen LogP contribution in [0.1, 0.15) is 16.7 Å². The Labute approximate surface area is 134 Å². The topological polar surface area (TPSA) is 17.8 Å². The van der Waals surface area contributed by atoms with Gasteiger partial charge in [-0.05, 0) is 41.3 Å². The minimum absolute atomic E-state index is 0.586. The van der Waals surface area contributed by atoms with Crippen molar-refractivity contribution >= 4 is 23.2 Å². The van der Waals surface area contributed by atoms with Crippen molar-refractivity contribution in [3.63, 3.8) is 0 Å². The molecule has 3 aromatic rings. The van der Waals surface area contributed by atoms with E-state index < -0.39 is 0 Å². The molecular formula is C17H13Cl2N2. The molecule has 0 fully saturated rings. The van der Waals surface area contributed by atoms with Crippen LogP contribution < -0.4 is 0 Å². The first kappa shape index (κ1) is 14.2. The third kappa shape index (κ3) is 3.66. The van der Waals surface area contributed by atoms with E-state index in [1.165, 1.54) is 5.56 Å². The summed E-state index contributed by atoms with van der Waals surface area (Å²) < 4.78 is 2.02. The molecular weight excluding hydrogens is 303 g/mol. The highest BCUT2D eigenvalue weighted by molar-refractivity contribution is 6.42. The Balaban J connectivity index is 1.77. The van der Waals surface area contributed by atoms with E-state index in [1.807, 2.05) is 35.0 Å². The molecule has 0 N–H and O–H groups in total. The molecule has 3 rings (SSSR count). The number of hydrogen-bond donors (Lipinski definition) is 0. The van der Waals surface area contributed by atoms with Gasteiger partial charge in [-0.15, -0.1) is 0 Å². The lowest BCUT2D eigenvalue weighted by atomic mass is 10.0. The van der Waals surface area contributed by atoms with Crippen molar-refractivity contribution in [1.82, 2.24) is 9.55 Å². The average molecular weight is 316 g/mol. The fraction of sp³-hybridized carbons (Fsp3) is 0.118. The lowest BCUT2D eigenvalue weighted by Crippen LogP contribution is -1.98. The third-order valence-electron chi connectivity index (χ3n) is 3.23. The Morgan fingerprint density at radius 1 is 1.05 bits per heavy atom. The van der Waals surface area contributed by atoms with E-state index in [-0.39, 0.29) is 0 Å². The van der Waals surface area contributed by atoms with Gasteiger partial charge in [-0.1, -0.05) is 47.5 Å². The van der Waals surface area contributed by atoms with Crippen LogP contribution >= 0.6 is 23.2 Å². The predicted octanol–water partition coefficient (Wildman–Crippen LogP) is 4.63. The summed E-state index contributed by atoms with van der Waals surface area (Å²) in [5.41, 5.74) is 3.50. The maximum Gasteiger partial charge on any atom is 0.0949 e. The van der Waals surface area contributed by atoms with Crippen LogP contribution in [-0.4, -0.2) is 9.55 Å². The number of hydrogen-bond acceptors (Lipinski definition) is 1. The molecule has 0 amide bonds. The number of benzene rings is 2. The maximum atomic E-state index is 6.06. The van der Waals surface area contributed by atoms with Gasteiger partial charge in [-0.2, -0.15) is 0 Å². The zero-order valence-electron chi connectivity index (χ0n) is 11.3. The van der Waals surface area contributed by atoms with Gasteiger partial charge < -0.3 is 4.57 Å². The van der Waals surface area contributed by atoms with Crippen molar-refractivity contribution < 1.29 is 0 Å². The number of aromatic nitrogens is 2. The van der Waals surface area contributed by atoms with Crippen molar-refractivity contribution in [2.45, 2.75) is 13.0 Å². The number of rotatable bonds is 4. The van der Waals surface area contributed by atoms with E-state index in [4.69, 9.17) is 23.2 Å². The first-order valence-electron chi connectivity index (χ1n) is 6.60. The Morgan fingerprint density at radius 3 is 2.67 bits per heavy atom. The molecule has 0 aliphatic rings. The van der Waals surface area contributed by atoms with Gasteiger partial charge in [-0.3, -0.25) is 0 Å². The summed E-state index contributed by atoms with van der Waals surface area (Å²) in [5.74, 6) is 0. The molecule has 0 bridgehead atoms. The van der Waals surface area contributed by atoms with Crippen molar-refractivity contribution in [1.29, 1.82) is 0 Å². The smallest absolute Gasteiger partial charge is 0.0949 e. The molecule has 0 unspecified atom stereocenters. The van der Waals surface area contributed by atoms with Crippen LogP contribution in [0.4, 0.5) is 0 Å². The molecule has 2 nitrogen and oxygen atoms in total. The van der Waals surface area contributed by atoms with E-state index >= 15 is 0 Å². The van der Waals surface area contributed by atoms with Gasteiger partial charge in [-0.25, -0.2) is 4.98 Å². The summed E-state index contributed by atoms with van der Waals surface area (Å²) >= 11 is 12.0. The highest BCUT2D eigenvalue weighted by Crippen LogP contribution is 2.24. The quantitative estimate of drug-likeness (QED) is 0.686. The Kier molecular flexibility index (Phi) is 4.28. The summed E-state index contributed by atoms with van der Waals surface area (Å²) in [6, 6.07) is 15.2. The molecule has 0 saturated heterocycles. The Hall–Kier alpha value is -1.77. The summed E-state index contributed by atoms with van der Waals surface area (Å²) in [5, 5.41) is 1.18. The second-order valence-electron chi connectivity index (χ2n) is 4.88. The summed E-state index contributed by atoms with van der Waals surface area (Å²) in [4.78, 5) is 4.05. The predicted molar refractivity (Wildman–Crippen MR) is 85.9 cm³/mol. The van der Waals surface area contributed by atoms with Crippen molar-refractivity contribution in [2.24, 2.45) is 0 Å². The van der Waals surface area contributed by atoms with E-state index in [2.05, 4.69) is 23.2 Å². The van der Waals surface area contributed by atoms with Crippen LogP contribution in [0.15, 0.2) is 55.1 Å². The van der Waals surface area contributed by atoms with Crippen molar-refractivity contribution in [3.8, 4) is 0 Å². The Bertz CT molecular complexity index is 736. The normalized spacial score (nSPS) is 10.8. The van der Waals surface area contributed by atoms with E-state index in [0.29, 0.717) is 10.0 Å². The first-order chi connectivity index (χ1) is 10.2. The largest absolute Gasteiger partial charge is 0.333 e. The van der Waals surface area contributed by atoms with Crippen LogP contribution in [0.2, 0.25) is 10.0 Å². The van der Waals surface area contributed by atoms with Gasteiger partial charge in [0.05, 0.1) is 16.4 Å². The average Bonchev–Trinajstić information content (AvgIpc) is 2.96. The monoisotopic (exact) mass is 315 g/mol. The second kappa shape index (κ2) is 6.33. The van der Waals surface area contributed by atoms with Gasteiger partial charge >= 0.3 is 0 Å². The van der Waals surface area contributed by atoms with Crippen LogP contribution in [0.25, 0.3) is 0 Å². The van der Waals surface area contributed by atoms with E-state index in [0.717, 1.165) is 24.1 Å². The molecule has 105 valence electrons. The zero-order valence-corrected chi connectivity index (χ0v) is 12.8. The molecule has 1 aromatic heterocycles. The standard InChI is InChI=1S/C17H13Cl2N2/c18-16-5-4-14(10-17(16)19)8-13-2-1-3-15(9-13)11-21-7-6-20-12-21/h1-2,4-7,9-10,12H,8,11H2. The van der Waals surface area contributed by atoms with Crippen LogP contribution in [-0.2, 0) is 13.0 Å². The molecule has 0 aliphatic heterocycles. The molecule has 0 spiro atoms. The minimum Gasteiger partial charge on any atom is -0.333 e. The molecule has 0 aliphatic carbocycles. The van der Waals surface area contributed by atoms with Gasteiger partial charge in [0.15, 0.2) is 0 Å². The van der Waals surface area contributed by atoms with Gasteiger partial charge in [0.2, 0.25) is 0 Å². The molecule has 1 radical (unpaired) electrons. The highest BCUT2D eigenvalue weighted by Gasteiger charge is 2.03. The van der Waals surface area contributed by atoms with Gasteiger partial charge in [0.25, 0.3) is 0 Å².